The summed E-state index contributed by atoms with van der Waals surface area (Å²) < 4.78 is 0. The molecule has 0 bridgehead atoms. The Balaban J connectivity index is 2.40. The van der Waals surface area contributed by atoms with Crippen LogP contribution in [-0.4, -0.2) is 0 Å². The van der Waals surface area contributed by atoms with E-state index in [1.54, 1.807) is 18.2 Å². The molecule has 0 saturated carbocycles. The van der Waals surface area contributed by atoms with Crippen molar-refractivity contribution < 1.29 is 0 Å². The van der Waals surface area contributed by atoms with Crippen LogP contribution in [-0.2, 0) is 0 Å². The van der Waals surface area contributed by atoms with Crippen molar-refractivity contribution in [3.63, 3.8) is 0 Å². The van der Waals surface area contributed by atoms with Crippen molar-refractivity contribution in [3.05, 3.63) is 68.9 Å². The van der Waals surface area contributed by atoms with Gasteiger partial charge < -0.3 is 0 Å². The Hall–Kier alpha value is -2.33. The van der Waals surface area contributed by atoms with Gasteiger partial charge in [-0.1, -0.05) is 42.0 Å². The molecule has 2 rings (SSSR count). The Labute approximate surface area is 126 Å². The number of allylic oxidation sites excluding steroid dienone is 3. The Morgan fingerprint density at radius 3 is 2.35 bits per heavy atom. The molecule has 0 spiro atoms. The standard InChI is InChI=1S/C16H9ClN2S/c17-14-6-3-12(4-7-14)5-8-15(13(10-18)11-19)16-2-1-9-20-16/h1-9H/b8-5+. The second-order valence-corrected chi connectivity index (χ2v) is 5.26. The Morgan fingerprint density at radius 1 is 1.10 bits per heavy atom. The van der Waals surface area contributed by atoms with Crippen LogP contribution >= 0.6 is 22.9 Å². The van der Waals surface area contributed by atoms with Gasteiger partial charge in [-0.3, -0.25) is 0 Å². The molecule has 0 saturated heterocycles. The van der Waals surface area contributed by atoms with Gasteiger partial charge in [0.1, 0.15) is 17.7 Å². The van der Waals surface area contributed by atoms with E-state index in [1.807, 2.05) is 47.9 Å². The topological polar surface area (TPSA) is 47.6 Å². The maximum absolute atomic E-state index is 9.05. The summed E-state index contributed by atoms with van der Waals surface area (Å²) >= 11 is 7.33. The van der Waals surface area contributed by atoms with E-state index in [-0.39, 0.29) is 5.57 Å². The van der Waals surface area contributed by atoms with E-state index in [1.165, 1.54) is 11.3 Å². The number of nitrogens with zero attached hydrogens (tertiary/aromatic N) is 2. The fourth-order valence-electron chi connectivity index (χ4n) is 1.62. The van der Waals surface area contributed by atoms with Crippen molar-refractivity contribution >= 4 is 34.6 Å². The molecule has 96 valence electrons. The van der Waals surface area contributed by atoms with Crippen LogP contribution in [0.3, 0.4) is 0 Å². The van der Waals surface area contributed by atoms with Gasteiger partial charge in [0.2, 0.25) is 0 Å². The Kier molecular flexibility index (Phi) is 4.74. The fourth-order valence-corrected chi connectivity index (χ4v) is 2.50. The smallest absolute Gasteiger partial charge is 0.138 e. The molecule has 1 heterocycles. The number of halogens is 1. The maximum Gasteiger partial charge on any atom is 0.138 e. The molecule has 4 heteroatoms. The zero-order chi connectivity index (χ0) is 14.4. The fraction of sp³-hybridized carbons (Fsp3) is 0. The van der Waals surface area contributed by atoms with Gasteiger partial charge in [-0.15, -0.1) is 11.3 Å². The zero-order valence-electron chi connectivity index (χ0n) is 10.4. The summed E-state index contributed by atoms with van der Waals surface area (Å²) in [5.74, 6) is 0. The summed E-state index contributed by atoms with van der Waals surface area (Å²) in [6.07, 6.45) is 3.65. The van der Waals surface area contributed by atoms with Gasteiger partial charge in [0, 0.05) is 15.5 Å². The van der Waals surface area contributed by atoms with Crippen molar-refractivity contribution in [2.45, 2.75) is 0 Å². The Bertz CT molecular complexity index is 710. The van der Waals surface area contributed by atoms with Crippen LogP contribution in [0.15, 0.2) is 53.4 Å². The normalized spacial score (nSPS) is 9.95. The van der Waals surface area contributed by atoms with Crippen LogP contribution in [0.4, 0.5) is 0 Å². The van der Waals surface area contributed by atoms with E-state index in [0.717, 1.165) is 10.4 Å². The zero-order valence-corrected chi connectivity index (χ0v) is 11.9. The molecule has 0 aliphatic carbocycles. The molecule has 0 unspecified atom stereocenters. The third kappa shape index (κ3) is 3.36. The number of hydrogen-bond donors (Lipinski definition) is 0. The van der Waals surface area contributed by atoms with Crippen molar-refractivity contribution in [2.24, 2.45) is 0 Å². The molecule has 0 atom stereocenters. The molecular formula is C16H9ClN2S. The van der Waals surface area contributed by atoms with Gasteiger partial charge in [-0.05, 0) is 29.1 Å². The highest BCUT2D eigenvalue weighted by Crippen LogP contribution is 2.25. The van der Waals surface area contributed by atoms with E-state index in [9.17, 15) is 0 Å². The molecule has 0 N–H and O–H groups in total. The number of thiophene rings is 1. The van der Waals surface area contributed by atoms with Crippen molar-refractivity contribution in [1.29, 1.82) is 10.5 Å². The summed E-state index contributed by atoms with van der Waals surface area (Å²) in [4.78, 5) is 0.897. The van der Waals surface area contributed by atoms with E-state index >= 15 is 0 Å². The summed E-state index contributed by atoms with van der Waals surface area (Å²) in [6.45, 7) is 0. The van der Waals surface area contributed by atoms with E-state index in [4.69, 9.17) is 22.1 Å². The molecule has 2 nitrogen and oxygen atoms in total. The first-order chi connectivity index (χ1) is 9.74. The molecule has 0 amide bonds. The van der Waals surface area contributed by atoms with Gasteiger partial charge >= 0.3 is 0 Å². The minimum atomic E-state index is 0.109. The van der Waals surface area contributed by atoms with Gasteiger partial charge in [0.25, 0.3) is 0 Å². The highest BCUT2D eigenvalue weighted by Gasteiger charge is 2.07. The van der Waals surface area contributed by atoms with Crippen molar-refractivity contribution in [3.8, 4) is 12.1 Å². The summed E-state index contributed by atoms with van der Waals surface area (Å²) in [7, 11) is 0. The summed E-state index contributed by atoms with van der Waals surface area (Å²) in [5.41, 5.74) is 1.70. The average Bonchev–Trinajstić information content (AvgIpc) is 2.99. The van der Waals surface area contributed by atoms with Crippen molar-refractivity contribution in [1.82, 2.24) is 0 Å². The molecule has 0 radical (unpaired) electrons. The molecule has 1 aromatic heterocycles. The highest BCUT2D eigenvalue weighted by atomic mass is 35.5. The van der Waals surface area contributed by atoms with Gasteiger partial charge in [0.05, 0.1) is 0 Å². The molecular weight excluding hydrogens is 288 g/mol. The van der Waals surface area contributed by atoms with E-state index in [2.05, 4.69) is 0 Å². The lowest BCUT2D eigenvalue weighted by atomic mass is 10.1. The number of hydrogen-bond acceptors (Lipinski definition) is 3. The predicted molar refractivity (Wildman–Crippen MR) is 83.0 cm³/mol. The maximum atomic E-state index is 9.05. The molecule has 0 fully saturated rings. The molecule has 1 aromatic carbocycles. The first-order valence-electron chi connectivity index (χ1n) is 5.76. The van der Waals surface area contributed by atoms with Crippen LogP contribution in [0.2, 0.25) is 5.02 Å². The minimum absolute atomic E-state index is 0.109. The van der Waals surface area contributed by atoms with Gasteiger partial charge in [-0.25, -0.2) is 0 Å². The lowest BCUT2D eigenvalue weighted by Gasteiger charge is -1.99. The quantitative estimate of drug-likeness (QED) is 0.596. The Morgan fingerprint density at radius 2 is 1.80 bits per heavy atom. The van der Waals surface area contributed by atoms with Crippen molar-refractivity contribution in [2.75, 3.05) is 0 Å². The molecule has 20 heavy (non-hydrogen) atoms. The van der Waals surface area contributed by atoms with Crippen LogP contribution in [0.25, 0.3) is 11.6 Å². The second kappa shape index (κ2) is 6.73. The minimum Gasteiger partial charge on any atom is -0.192 e. The largest absolute Gasteiger partial charge is 0.192 e. The predicted octanol–water partition coefficient (Wildman–Crippen LogP) is 4.92. The molecule has 2 aromatic rings. The lowest BCUT2D eigenvalue weighted by Crippen LogP contribution is -1.82. The van der Waals surface area contributed by atoms with Crippen LogP contribution < -0.4 is 0 Å². The number of rotatable bonds is 3. The first-order valence-corrected chi connectivity index (χ1v) is 7.02. The molecule has 0 aliphatic heterocycles. The SMILES string of the molecule is N#CC(C#N)=C(/C=C/c1ccc(Cl)cc1)c1cccs1. The van der Waals surface area contributed by atoms with Crippen LogP contribution in [0.5, 0.6) is 0 Å². The van der Waals surface area contributed by atoms with Gasteiger partial charge in [0.15, 0.2) is 0 Å². The number of benzene rings is 1. The third-order valence-corrected chi connectivity index (χ3v) is 3.75. The average molecular weight is 297 g/mol. The summed E-state index contributed by atoms with van der Waals surface area (Å²) in [5, 5.41) is 20.7. The van der Waals surface area contributed by atoms with Gasteiger partial charge in [-0.2, -0.15) is 10.5 Å². The lowest BCUT2D eigenvalue weighted by molar-refractivity contribution is 1.46. The first kappa shape index (κ1) is 14.1. The van der Waals surface area contributed by atoms with Crippen LogP contribution in [0.1, 0.15) is 10.4 Å². The van der Waals surface area contributed by atoms with E-state index < -0.39 is 0 Å². The number of nitriles is 2. The third-order valence-electron chi connectivity index (χ3n) is 2.59. The molecule has 0 aliphatic rings. The van der Waals surface area contributed by atoms with Crippen LogP contribution in [0, 0.1) is 22.7 Å². The highest BCUT2D eigenvalue weighted by molar-refractivity contribution is 7.11. The van der Waals surface area contributed by atoms with E-state index in [0.29, 0.717) is 10.6 Å². The summed E-state index contributed by atoms with van der Waals surface area (Å²) in [6, 6.07) is 15.0. The second-order valence-electron chi connectivity index (χ2n) is 3.87. The monoisotopic (exact) mass is 296 g/mol.